The Kier molecular flexibility index (Phi) is 3.39. The standard InChI is InChI=1S/C14H13NOS2/c16-14(15-7-10-4-2-1-3-5-10)12-6-11-8-17-9-13(11)18-12/h1-6H,7-9H2,(H,15,16). The smallest absolute Gasteiger partial charge is 0.261 e. The van der Waals surface area contributed by atoms with Gasteiger partial charge in [0.2, 0.25) is 0 Å². The first-order chi connectivity index (χ1) is 8.83. The van der Waals surface area contributed by atoms with Crippen LogP contribution in [0.25, 0.3) is 0 Å². The lowest BCUT2D eigenvalue weighted by Gasteiger charge is -2.03. The van der Waals surface area contributed by atoms with Gasteiger partial charge in [-0.25, -0.2) is 0 Å². The highest BCUT2D eigenvalue weighted by Gasteiger charge is 2.18. The van der Waals surface area contributed by atoms with Gasteiger partial charge >= 0.3 is 0 Å². The molecule has 1 aliphatic rings. The maximum atomic E-state index is 12.0. The molecule has 2 aromatic rings. The van der Waals surface area contributed by atoms with E-state index in [0.717, 1.165) is 21.9 Å². The van der Waals surface area contributed by atoms with Gasteiger partial charge in [-0.05, 0) is 17.2 Å². The Morgan fingerprint density at radius 1 is 1.22 bits per heavy atom. The lowest BCUT2D eigenvalue weighted by Crippen LogP contribution is -2.21. The SMILES string of the molecule is O=C(NCc1ccccc1)c1cc2c(s1)CSC2. The Bertz CT molecular complexity index is 541. The van der Waals surface area contributed by atoms with E-state index in [1.807, 2.05) is 48.2 Å². The van der Waals surface area contributed by atoms with Crippen molar-refractivity contribution in [1.82, 2.24) is 5.32 Å². The summed E-state index contributed by atoms with van der Waals surface area (Å²) in [6, 6.07) is 12.0. The highest BCUT2D eigenvalue weighted by molar-refractivity contribution is 7.98. The average molecular weight is 275 g/mol. The number of carbonyl (C=O) groups is 1. The van der Waals surface area contributed by atoms with Crippen LogP contribution in [0.5, 0.6) is 0 Å². The van der Waals surface area contributed by atoms with E-state index in [2.05, 4.69) is 5.32 Å². The molecule has 92 valence electrons. The number of carbonyl (C=O) groups excluding carboxylic acids is 1. The predicted molar refractivity (Wildman–Crippen MR) is 76.9 cm³/mol. The molecular formula is C14H13NOS2. The van der Waals surface area contributed by atoms with Crippen LogP contribution in [0.1, 0.15) is 25.7 Å². The average Bonchev–Trinajstić information content (AvgIpc) is 2.98. The number of nitrogens with one attached hydrogen (secondary N) is 1. The van der Waals surface area contributed by atoms with Crippen LogP contribution in [0.3, 0.4) is 0 Å². The number of amides is 1. The first-order valence-corrected chi connectivity index (χ1v) is 7.81. The van der Waals surface area contributed by atoms with Gasteiger partial charge < -0.3 is 5.32 Å². The number of rotatable bonds is 3. The molecule has 0 radical (unpaired) electrons. The van der Waals surface area contributed by atoms with E-state index in [0.29, 0.717) is 6.54 Å². The normalized spacial score (nSPS) is 13.3. The molecule has 1 amide bonds. The zero-order valence-electron chi connectivity index (χ0n) is 9.81. The van der Waals surface area contributed by atoms with Crippen molar-refractivity contribution in [3.05, 3.63) is 57.3 Å². The van der Waals surface area contributed by atoms with Crippen molar-refractivity contribution in [1.29, 1.82) is 0 Å². The van der Waals surface area contributed by atoms with Crippen LogP contribution in [-0.4, -0.2) is 5.91 Å². The van der Waals surface area contributed by atoms with Crippen LogP contribution < -0.4 is 5.32 Å². The Morgan fingerprint density at radius 2 is 2.06 bits per heavy atom. The second kappa shape index (κ2) is 5.16. The van der Waals surface area contributed by atoms with Gasteiger partial charge in [0.15, 0.2) is 0 Å². The fourth-order valence-electron chi connectivity index (χ4n) is 1.94. The number of hydrogen-bond acceptors (Lipinski definition) is 3. The third kappa shape index (κ3) is 2.44. The molecule has 0 saturated heterocycles. The molecule has 1 aromatic heterocycles. The summed E-state index contributed by atoms with van der Waals surface area (Å²) in [5, 5.41) is 2.97. The first kappa shape index (κ1) is 11.8. The molecule has 0 spiro atoms. The van der Waals surface area contributed by atoms with Crippen LogP contribution in [0, 0.1) is 0 Å². The van der Waals surface area contributed by atoms with Gasteiger partial charge in [-0.15, -0.1) is 11.3 Å². The van der Waals surface area contributed by atoms with Gasteiger partial charge in [-0.3, -0.25) is 4.79 Å². The molecule has 0 fully saturated rings. The Morgan fingerprint density at radius 3 is 2.83 bits per heavy atom. The van der Waals surface area contributed by atoms with Gasteiger partial charge in [-0.1, -0.05) is 30.3 Å². The molecule has 0 saturated carbocycles. The van der Waals surface area contributed by atoms with Crippen molar-refractivity contribution in [2.24, 2.45) is 0 Å². The molecule has 2 nitrogen and oxygen atoms in total. The largest absolute Gasteiger partial charge is 0.347 e. The van der Waals surface area contributed by atoms with Crippen LogP contribution >= 0.6 is 23.1 Å². The predicted octanol–water partition coefficient (Wildman–Crippen LogP) is 3.42. The fraction of sp³-hybridized carbons (Fsp3) is 0.214. The summed E-state index contributed by atoms with van der Waals surface area (Å²) in [7, 11) is 0. The summed E-state index contributed by atoms with van der Waals surface area (Å²) in [6.45, 7) is 0.594. The van der Waals surface area contributed by atoms with E-state index in [9.17, 15) is 4.79 Å². The molecule has 0 unspecified atom stereocenters. The lowest BCUT2D eigenvalue weighted by molar-refractivity contribution is 0.0955. The Labute approximate surface area is 114 Å². The number of thioether (sulfide) groups is 1. The van der Waals surface area contributed by atoms with Crippen LogP contribution in [-0.2, 0) is 18.1 Å². The van der Waals surface area contributed by atoms with Crippen LogP contribution in [0.15, 0.2) is 36.4 Å². The second-order valence-electron chi connectivity index (χ2n) is 4.22. The highest BCUT2D eigenvalue weighted by Crippen LogP contribution is 2.36. The molecule has 4 heteroatoms. The minimum absolute atomic E-state index is 0.0447. The van der Waals surface area contributed by atoms with Gasteiger partial charge in [0, 0.05) is 22.9 Å². The zero-order valence-corrected chi connectivity index (χ0v) is 11.4. The Hall–Kier alpha value is -1.26. The number of thiophene rings is 1. The highest BCUT2D eigenvalue weighted by atomic mass is 32.2. The monoisotopic (exact) mass is 275 g/mol. The molecule has 0 aliphatic carbocycles. The van der Waals surface area contributed by atoms with E-state index < -0.39 is 0 Å². The second-order valence-corrected chi connectivity index (χ2v) is 6.34. The van der Waals surface area contributed by atoms with Crippen molar-refractivity contribution in [3.8, 4) is 0 Å². The fourth-order valence-corrected chi connectivity index (χ4v) is 4.36. The number of hydrogen-bond donors (Lipinski definition) is 1. The van der Waals surface area contributed by atoms with Crippen molar-refractivity contribution >= 4 is 29.0 Å². The summed E-state index contributed by atoms with van der Waals surface area (Å²) < 4.78 is 0. The third-order valence-corrected chi connectivity index (χ3v) is 5.27. The molecule has 1 N–H and O–H groups in total. The molecule has 0 atom stereocenters. The van der Waals surface area contributed by atoms with Gasteiger partial charge in [-0.2, -0.15) is 11.8 Å². The Balaban J connectivity index is 1.64. The lowest BCUT2D eigenvalue weighted by atomic mass is 10.2. The van der Waals surface area contributed by atoms with Crippen LogP contribution in [0.2, 0.25) is 0 Å². The molecular weight excluding hydrogens is 262 g/mol. The van der Waals surface area contributed by atoms with Crippen molar-refractivity contribution < 1.29 is 4.79 Å². The molecule has 0 bridgehead atoms. The first-order valence-electron chi connectivity index (χ1n) is 5.84. The summed E-state index contributed by atoms with van der Waals surface area (Å²) in [5.74, 6) is 2.16. The molecule has 3 rings (SSSR count). The van der Waals surface area contributed by atoms with Crippen molar-refractivity contribution in [3.63, 3.8) is 0 Å². The van der Waals surface area contributed by atoms with Crippen molar-refractivity contribution in [2.75, 3.05) is 0 Å². The zero-order chi connectivity index (χ0) is 12.4. The summed E-state index contributed by atoms with van der Waals surface area (Å²) in [6.07, 6.45) is 0. The maximum absolute atomic E-state index is 12.0. The molecule has 1 aromatic carbocycles. The van der Waals surface area contributed by atoms with Gasteiger partial charge in [0.1, 0.15) is 0 Å². The van der Waals surface area contributed by atoms with E-state index in [1.54, 1.807) is 11.3 Å². The van der Waals surface area contributed by atoms with E-state index >= 15 is 0 Å². The quantitative estimate of drug-likeness (QED) is 0.930. The number of fused-ring (bicyclic) bond motifs is 1. The van der Waals surface area contributed by atoms with E-state index in [4.69, 9.17) is 0 Å². The van der Waals surface area contributed by atoms with Crippen LogP contribution in [0.4, 0.5) is 0 Å². The maximum Gasteiger partial charge on any atom is 0.261 e. The number of benzene rings is 1. The van der Waals surface area contributed by atoms with Crippen molar-refractivity contribution in [2.45, 2.75) is 18.1 Å². The summed E-state index contributed by atoms with van der Waals surface area (Å²) >= 11 is 3.55. The third-order valence-electron chi connectivity index (χ3n) is 2.91. The van der Waals surface area contributed by atoms with Gasteiger partial charge in [0.25, 0.3) is 5.91 Å². The topological polar surface area (TPSA) is 29.1 Å². The minimum Gasteiger partial charge on any atom is -0.347 e. The minimum atomic E-state index is 0.0447. The molecule has 2 heterocycles. The summed E-state index contributed by atoms with van der Waals surface area (Å²) in [5.41, 5.74) is 2.47. The summed E-state index contributed by atoms with van der Waals surface area (Å²) in [4.78, 5) is 14.2. The molecule has 18 heavy (non-hydrogen) atoms. The van der Waals surface area contributed by atoms with E-state index in [-0.39, 0.29) is 5.91 Å². The molecule has 1 aliphatic heterocycles. The van der Waals surface area contributed by atoms with Gasteiger partial charge in [0.05, 0.1) is 4.88 Å². The van der Waals surface area contributed by atoms with E-state index in [1.165, 1.54) is 10.4 Å².